The Hall–Kier alpha value is -2.97. The first kappa shape index (κ1) is 24.7. The van der Waals surface area contributed by atoms with Crippen molar-refractivity contribution in [3.8, 4) is 0 Å². The third-order valence-electron chi connectivity index (χ3n) is 5.14. The number of thioether (sulfide) groups is 1. The fraction of sp³-hybridized carbons (Fsp3) is 0.360. The van der Waals surface area contributed by atoms with Crippen LogP contribution in [0, 0.1) is 0 Å². The zero-order valence-electron chi connectivity index (χ0n) is 19.1. The van der Waals surface area contributed by atoms with Crippen molar-refractivity contribution in [3.05, 3.63) is 87.6 Å². The topological polar surface area (TPSA) is 86.1 Å². The second kappa shape index (κ2) is 12.9. The summed E-state index contributed by atoms with van der Waals surface area (Å²) in [6.07, 6.45) is 4.11. The van der Waals surface area contributed by atoms with Gasteiger partial charge in [0.2, 0.25) is 5.91 Å². The van der Waals surface area contributed by atoms with Crippen LogP contribution in [0.3, 0.4) is 0 Å². The van der Waals surface area contributed by atoms with Crippen LogP contribution in [0.5, 0.6) is 0 Å². The van der Waals surface area contributed by atoms with E-state index in [1.807, 2.05) is 48.5 Å². The van der Waals surface area contributed by atoms with Gasteiger partial charge < -0.3 is 10.1 Å². The van der Waals surface area contributed by atoms with E-state index in [4.69, 9.17) is 9.72 Å². The molecule has 2 aromatic heterocycles. The number of benzene rings is 1. The maximum atomic E-state index is 13.1. The number of pyridine rings is 1. The lowest BCUT2D eigenvalue weighted by Gasteiger charge is -2.14. The summed E-state index contributed by atoms with van der Waals surface area (Å²) in [7, 11) is 3.35. The molecule has 0 unspecified atom stereocenters. The lowest BCUT2D eigenvalue weighted by atomic mass is 10.0. The maximum absolute atomic E-state index is 13.1. The van der Waals surface area contributed by atoms with Crippen LogP contribution in [0.25, 0.3) is 0 Å². The number of carbonyl (C=O) groups excluding carboxylic acids is 1. The van der Waals surface area contributed by atoms with E-state index in [0.717, 1.165) is 11.3 Å². The average molecular weight is 467 g/mol. The second-order valence-corrected chi connectivity index (χ2v) is 8.71. The lowest BCUT2D eigenvalue weighted by Crippen LogP contribution is -2.27. The highest BCUT2D eigenvalue weighted by Crippen LogP contribution is 2.19. The first-order valence-electron chi connectivity index (χ1n) is 11.0. The predicted molar refractivity (Wildman–Crippen MR) is 130 cm³/mol. The fourth-order valence-electron chi connectivity index (χ4n) is 3.39. The van der Waals surface area contributed by atoms with Crippen LogP contribution in [0.1, 0.15) is 35.4 Å². The minimum absolute atomic E-state index is 0.0201. The van der Waals surface area contributed by atoms with Crippen LogP contribution < -0.4 is 10.9 Å². The van der Waals surface area contributed by atoms with E-state index in [1.54, 1.807) is 24.9 Å². The summed E-state index contributed by atoms with van der Waals surface area (Å²) in [6, 6.07) is 15.6. The molecule has 1 amide bonds. The minimum atomic E-state index is -0.0596. The zero-order chi connectivity index (χ0) is 23.5. The monoisotopic (exact) mass is 466 g/mol. The normalized spacial score (nSPS) is 10.8. The smallest absolute Gasteiger partial charge is 0.257 e. The average Bonchev–Trinajstić information content (AvgIpc) is 2.83. The summed E-state index contributed by atoms with van der Waals surface area (Å²) in [5.74, 6) is 0.713. The van der Waals surface area contributed by atoms with Gasteiger partial charge in [-0.2, -0.15) is 0 Å². The van der Waals surface area contributed by atoms with Gasteiger partial charge in [0.15, 0.2) is 5.16 Å². The van der Waals surface area contributed by atoms with Crippen molar-refractivity contribution in [1.82, 2.24) is 19.9 Å². The molecule has 0 bridgehead atoms. The molecule has 0 aliphatic carbocycles. The van der Waals surface area contributed by atoms with Gasteiger partial charge in [-0.3, -0.25) is 19.1 Å². The van der Waals surface area contributed by atoms with Crippen molar-refractivity contribution < 1.29 is 9.53 Å². The molecule has 0 saturated carbocycles. The summed E-state index contributed by atoms with van der Waals surface area (Å²) in [5.41, 5.74) is 3.28. The number of aromatic nitrogens is 3. The summed E-state index contributed by atoms with van der Waals surface area (Å²) in [5, 5.41) is 3.57. The number of ether oxygens (including phenoxy) is 1. The Balaban J connectivity index is 1.52. The van der Waals surface area contributed by atoms with Crippen LogP contribution in [-0.2, 0) is 36.0 Å². The van der Waals surface area contributed by atoms with Crippen molar-refractivity contribution in [3.63, 3.8) is 0 Å². The van der Waals surface area contributed by atoms with E-state index in [9.17, 15) is 9.59 Å². The first-order chi connectivity index (χ1) is 16.1. The third-order valence-corrected chi connectivity index (χ3v) is 6.26. The van der Waals surface area contributed by atoms with E-state index in [-0.39, 0.29) is 18.1 Å². The SMILES string of the molecule is COCc1nc(SCCCC(=O)NCCc2ccccn2)n(C)c(=O)c1Cc1ccccc1. The van der Waals surface area contributed by atoms with Crippen LogP contribution in [-0.4, -0.2) is 39.8 Å². The number of methoxy groups -OCH3 is 1. The highest BCUT2D eigenvalue weighted by atomic mass is 32.2. The Morgan fingerprint density at radius 1 is 1.15 bits per heavy atom. The number of nitrogens with one attached hydrogen (secondary N) is 1. The molecule has 2 heterocycles. The van der Waals surface area contributed by atoms with Crippen LogP contribution in [0.2, 0.25) is 0 Å². The number of nitrogens with zero attached hydrogens (tertiary/aromatic N) is 3. The Morgan fingerprint density at radius 3 is 2.67 bits per heavy atom. The number of hydrogen-bond acceptors (Lipinski definition) is 6. The summed E-state index contributed by atoms with van der Waals surface area (Å²) in [6.45, 7) is 0.854. The number of amides is 1. The zero-order valence-corrected chi connectivity index (χ0v) is 19.9. The first-order valence-corrected chi connectivity index (χ1v) is 12.0. The van der Waals surface area contributed by atoms with E-state index in [1.165, 1.54) is 11.8 Å². The van der Waals surface area contributed by atoms with Gasteiger partial charge in [-0.05, 0) is 24.1 Å². The molecule has 3 rings (SSSR count). The Bertz CT molecular complexity index is 1090. The minimum Gasteiger partial charge on any atom is -0.378 e. The molecule has 0 aliphatic heterocycles. The quantitative estimate of drug-likeness (QED) is 0.251. The molecule has 0 radical (unpaired) electrons. The van der Waals surface area contributed by atoms with E-state index < -0.39 is 0 Å². The second-order valence-electron chi connectivity index (χ2n) is 7.65. The Kier molecular flexibility index (Phi) is 9.65. The number of rotatable bonds is 12. The molecule has 1 N–H and O–H groups in total. The summed E-state index contributed by atoms with van der Waals surface area (Å²) in [4.78, 5) is 34.1. The van der Waals surface area contributed by atoms with E-state index in [0.29, 0.717) is 54.4 Å². The molecule has 1 aromatic carbocycles. The molecule has 3 aromatic rings. The molecule has 0 fully saturated rings. The molecule has 0 aliphatic rings. The van der Waals surface area contributed by atoms with Crippen molar-refractivity contribution in [2.75, 3.05) is 19.4 Å². The van der Waals surface area contributed by atoms with Gasteiger partial charge in [-0.15, -0.1) is 0 Å². The molecule has 33 heavy (non-hydrogen) atoms. The van der Waals surface area contributed by atoms with E-state index in [2.05, 4.69) is 10.3 Å². The van der Waals surface area contributed by atoms with Crippen LogP contribution in [0.15, 0.2) is 64.7 Å². The highest BCUT2D eigenvalue weighted by Gasteiger charge is 2.16. The molecular weight excluding hydrogens is 436 g/mol. The van der Waals surface area contributed by atoms with Gasteiger partial charge in [-0.1, -0.05) is 48.2 Å². The Labute approximate surface area is 198 Å². The van der Waals surface area contributed by atoms with Gasteiger partial charge in [0.1, 0.15) is 0 Å². The maximum Gasteiger partial charge on any atom is 0.257 e. The molecule has 0 atom stereocenters. The molecule has 0 saturated heterocycles. The lowest BCUT2D eigenvalue weighted by molar-refractivity contribution is -0.121. The molecule has 174 valence electrons. The summed E-state index contributed by atoms with van der Waals surface area (Å²) >= 11 is 1.49. The fourth-order valence-corrected chi connectivity index (χ4v) is 4.32. The van der Waals surface area contributed by atoms with E-state index >= 15 is 0 Å². The molecule has 8 heteroatoms. The molecular formula is C25H30N4O3S. The Morgan fingerprint density at radius 2 is 1.94 bits per heavy atom. The van der Waals surface area contributed by atoms with Gasteiger partial charge >= 0.3 is 0 Å². The van der Waals surface area contributed by atoms with Crippen molar-refractivity contribution in [2.24, 2.45) is 7.05 Å². The standard InChI is InChI=1S/C25H30N4O3S/c1-29-24(31)21(17-19-9-4-3-5-10-19)22(18-32-2)28-25(29)33-16-8-12-23(30)27-15-13-20-11-6-7-14-26-20/h3-7,9-11,14H,8,12-13,15-18H2,1-2H3,(H,27,30). The van der Waals surface area contributed by atoms with Crippen molar-refractivity contribution in [1.29, 1.82) is 0 Å². The van der Waals surface area contributed by atoms with Crippen molar-refractivity contribution in [2.45, 2.75) is 37.4 Å². The summed E-state index contributed by atoms with van der Waals surface area (Å²) < 4.78 is 6.90. The van der Waals surface area contributed by atoms with Gasteiger partial charge in [0.05, 0.1) is 12.3 Å². The van der Waals surface area contributed by atoms with Crippen LogP contribution in [0.4, 0.5) is 0 Å². The number of hydrogen-bond donors (Lipinski definition) is 1. The number of carbonyl (C=O) groups is 1. The van der Waals surface area contributed by atoms with Crippen molar-refractivity contribution >= 4 is 17.7 Å². The largest absolute Gasteiger partial charge is 0.378 e. The molecule has 0 spiro atoms. The predicted octanol–water partition coefficient (Wildman–Crippen LogP) is 3.14. The highest BCUT2D eigenvalue weighted by molar-refractivity contribution is 7.99. The van der Waals surface area contributed by atoms with Gasteiger partial charge in [0.25, 0.3) is 5.56 Å². The van der Waals surface area contributed by atoms with Gasteiger partial charge in [0, 0.05) is 63.2 Å². The van der Waals surface area contributed by atoms with Crippen LogP contribution >= 0.6 is 11.8 Å². The molecule has 7 nitrogen and oxygen atoms in total. The van der Waals surface area contributed by atoms with Gasteiger partial charge in [-0.25, -0.2) is 4.98 Å². The third kappa shape index (κ3) is 7.54.